The van der Waals surface area contributed by atoms with Crippen molar-refractivity contribution in [3.8, 4) is 0 Å². The molecular weight excluding hydrogens is 512 g/mol. The Labute approximate surface area is 223 Å². The Morgan fingerprint density at radius 1 is 0.655 bits per heavy atom. The molecule has 1 heterocycles. The van der Waals surface area contributed by atoms with Gasteiger partial charge in [0.25, 0.3) is 0 Å². The molecule has 3 aromatic carbocycles. The third-order valence-electron chi connectivity index (χ3n) is 5.32. The summed E-state index contributed by atoms with van der Waals surface area (Å²) in [6.07, 6.45) is -0.210. The maximum absolute atomic E-state index is 6.00. The van der Waals surface area contributed by atoms with Crippen LogP contribution in [0.25, 0.3) is 0 Å². The standard InChI is InChI=1S/C24H23NO2.2Y/c1-26-23-21(18-12-6-3-7-13-18)25(20-16-10-5-11-17-20)22(24(23)27-2)19-14-8-4-9-15-19;;/h5-17,21-24H,1-2H3;;/q-2;;/t21-,22-,23+,24+;;/m0../s1. The number of hydrogen-bond acceptors (Lipinski definition) is 3. The molecule has 0 N–H and O–H groups in total. The Hall–Kier alpha value is -0.412. The van der Waals surface area contributed by atoms with Gasteiger partial charge in [-0.3, -0.25) is 0 Å². The maximum atomic E-state index is 6.00. The molecule has 1 saturated heterocycles. The second-order valence-electron chi connectivity index (χ2n) is 6.70. The first-order chi connectivity index (χ1) is 13.3. The second kappa shape index (κ2) is 11.8. The number of rotatable bonds is 5. The van der Waals surface area contributed by atoms with Crippen LogP contribution in [0.2, 0.25) is 0 Å². The van der Waals surface area contributed by atoms with Crippen LogP contribution in [0.3, 0.4) is 0 Å². The third-order valence-corrected chi connectivity index (χ3v) is 5.32. The molecule has 3 aromatic rings. The van der Waals surface area contributed by atoms with Gasteiger partial charge in [-0.05, 0) is 12.1 Å². The fourth-order valence-corrected chi connectivity index (χ4v) is 4.19. The van der Waals surface area contributed by atoms with Crippen molar-refractivity contribution in [2.45, 2.75) is 24.3 Å². The van der Waals surface area contributed by atoms with Crippen LogP contribution in [0.15, 0.2) is 78.9 Å². The Kier molecular flexibility index (Phi) is 10.1. The largest absolute Gasteiger partial charge is 0.376 e. The van der Waals surface area contributed by atoms with Crippen molar-refractivity contribution < 1.29 is 74.9 Å². The van der Waals surface area contributed by atoms with Crippen molar-refractivity contribution in [1.29, 1.82) is 0 Å². The zero-order chi connectivity index (χ0) is 18.6. The van der Waals surface area contributed by atoms with E-state index in [9.17, 15) is 0 Å². The van der Waals surface area contributed by atoms with E-state index in [1.807, 2.05) is 30.3 Å². The molecule has 0 unspecified atom stereocenters. The van der Waals surface area contributed by atoms with Crippen LogP contribution in [0, 0.1) is 12.1 Å². The normalized spacial score (nSPS) is 23.2. The number of benzene rings is 3. The molecule has 1 aliphatic heterocycles. The summed E-state index contributed by atoms with van der Waals surface area (Å²) in [7, 11) is 3.53. The smallest absolute Gasteiger partial charge is 0.108 e. The molecule has 3 nitrogen and oxygen atoms in total. The minimum absolute atomic E-state index is 0. The molecule has 1 fully saturated rings. The maximum Gasteiger partial charge on any atom is 0.108 e. The van der Waals surface area contributed by atoms with Crippen LogP contribution in [0.1, 0.15) is 23.2 Å². The Bertz CT molecular complexity index is 795. The minimum Gasteiger partial charge on any atom is -0.376 e. The van der Waals surface area contributed by atoms with Gasteiger partial charge in [-0.2, -0.15) is 60.7 Å². The number of methoxy groups -OCH3 is 2. The molecule has 0 aliphatic carbocycles. The van der Waals surface area contributed by atoms with E-state index in [-0.39, 0.29) is 89.7 Å². The van der Waals surface area contributed by atoms with Gasteiger partial charge in [-0.15, -0.1) is 11.1 Å². The summed E-state index contributed by atoms with van der Waals surface area (Å²) in [4.78, 5) is 2.42. The summed E-state index contributed by atoms with van der Waals surface area (Å²) in [5.41, 5.74) is 3.53. The molecular formula is C24H23NO2Y2-2. The molecule has 0 bridgehead atoms. The Morgan fingerprint density at radius 3 is 1.45 bits per heavy atom. The fourth-order valence-electron chi connectivity index (χ4n) is 4.19. The van der Waals surface area contributed by atoms with E-state index < -0.39 is 0 Å². The SMILES string of the molecule is CO[C@H]1[C@H](OC)[C@H](c2cc[c-]cc2)N(c2ccccc2)[C@H]1c1cc[c-]cc1.[Y].[Y]. The number of ether oxygens (including phenoxy) is 2. The molecule has 0 aromatic heterocycles. The summed E-state index contributed by atoms with van der Waals surface area (Å²) in [6.45, 7) is 0. The average molecular weight is 535 g/mol. The Morgan fingerprint density at radius 2 is 1.07 bits per heavy atom. The van der Waals surface area contributed by atoms with Gasteiger partial charge in [-0.1, -0.05) is 18.2 Å². The summed E-state index contributed by atoms with van der Waals surface area (Å²) in [5.74, 6) is 0. The van der Waals surface area contributed by atoms with Crippen LogP contribution in [0.5, 0.6) is 0 Å². The first kappa shape index (κ1) is 24.9. The van der Waals surface area contributed by atoms with Crippen molar-refractivity contribution in [2.75, 3.05) is 19.1 Å². The van der Waals surface area contributed by atoms with Crippen molar-refractivity contribution in [2.24, 2.45) is 0 Å². The average Bonchev–Trinajstić information content (AvgIpc) is 3.10. The fraction of sp³-hybridized carbons (Fsp3) is 0.250. The van der Waals surface area contributed by atoms with E-state index in [4.69, 9.17) is 9.47 Å². The van der Waals surface area contributed by atoms with E-state index in [2.05, 4.69) is 65.6 Å². The van der Waals surface area contributed by atoms with Crippen LogP contribution in [-0.4, -0.2) is 26.4 Å². The van der Waals surface area contributed by atoms with Gasteiger partial charge < -0.3 is 14.4 Å². The van der Waals surface area contributed by atoms with Crippen LogP contribution in [0.4, 0.5) is 5.69 Å². The third kappa shape index (κ3) is 5.09. The molecule has 0 saturated carbocycles. The van der Waals surface area contributed by atoms with Crippen molar-refractivity contribution in [1.82, 2.24) is 0 Å². The molecule has 5 heteroatoms. The molecule has 0 spiro atoms. The van der Waals surface area contributed by atoms with Crippen molar-refractivity contribution in [3.05, 3.63) is 102 Å². The number of nitrogens with zero attached hydrogens (tertiary/aromatic N) is 1. The van der Waals surface area contributed by atoms with Gasteiger partial charge in [0.2, 0.25) is 0 Å². The zero-order valence-electron chi connectivity index (χ0n) is 16.7. The molecule has 2 radical (unpaired) electrons. The van der Waals surface area contributed by atoms with E-state index >= 15 is 0 Å². The quantitative estimate of drug-likeness (QED) is 0.446. The van der Waals surface area contributed by atoms with Gasteiger partial charge >= 0.3 is 0 Å². The Balaban J connectivity index is 0.00000150. The molecule has 1 aliphatic rings. The van der Waals surface area contributed by atoms with Gasteiger partial charge in [0.1, 0.15) is 12.2 Å². The van der Waals surface area contributed by atoms with Gasteiger partial charge in [0.15, 0.2) is 0 Å². The van der Waals surface area contributed by atoms with Gasteiger partial charge in [0, 0.05) is 85.3 Å². The molecule has 144 valence electrons. The predicted octanol–water partition coefficient (Wildman–Crippen LogP) is 4.61. The monoisotopic (exact) mass is 535 g/mol. The number of hydrogen-bond donors (Lipinski definition) is 0. The first-order valence-electron chi connectivity index (χ1n) is 9.16. The van der Waals surface area contributed by atoms with Crippen molar-refractivity contribution in [3.63, 3.8) is 0 Å². The summed E-state index contributed by atoms with van der Waals surface area (Å²) < 4.78 is 12.0. The van der Waals surface area contributed by atoms with Gasteiger partial charge in [0.05, 0.1) is 12.1 Å². The molecule has 4 rings (SSSR count). The number of para-hydroxylation sites is 1. The van der Waals surface area contributed by atoms with Crippen LogP contribution < -0.4 is 4.90 Å². The van der Waals surface area contributed by atoms with E-state index in [1.165, 1.54) is 11.1 Å². The van der Waals surface area contributed by atoms with Crippen LogP contribution >= 0.6 is 0 Å². The molecule has 0 amide bonds. The number of anilines is 1. The summed E-state index contributed by atoms with van der Waals surface area (Å²) in [6, 6.07) is 33.1. The topological polar surface area (TPSA) is 21.7 Å². The first-order valence-corrected chi connectivity index (χ1v) is 9.16. The van der Waals surface area contributed by atoms with Crippen LogP contribution in [-0.2, 0) is 74.9 Å². The molecule has 29 heavy (non-hydrogen) atoms. The predicted molar refractivity (Wildman–Crippen MR) is 107 cm³/mol. The van der Waals surface area contributed by atoms with Gasteiger partial charge in [-0.25, -0.2) is 0 Å². The minimum atomic E-state index is -0.105. The van der Waals surface area contributed by atoms with E-state index in [0.29, 0.717) is 0 Å². The summed E-state index contributed by atoms with van der Waals surface area (Å²) >= 11 is 0. The van der Waals surface area contributed by atoms with E-state index in [0.717, 1.165) is 5.69 Å². The second-order valence-corrected chi connectivity index (χ2v) is 6.70. The van der Waals surface area contributed by atoms with Crippen molar-refractivity contribution >= 4 is 5.69 Å². The molecule has 4 atom stereocenters. The summed E-state index contributed by atoms with van der Waals surface area (Å²) in [5, 5.41) is 0. The zero-order valence-corrected chi connectivity index (χ0v) is 22.4. The van der Waals surface area contributed by atoms with E-state index in [1.54, 1.807) is 14.2 Å².